The topological polar surface area (TPSA) is 66.9 Å². The van der Waals surface area contributed by atoms with Crippen LogP contribution in [-0.2, 0) is 21.4 Å². The van der Waals surface area contributed by atoms with Gasteiger partial charge in [-0.1, -0.05) is 48.0 Å². The number of carbonyl (C=O) groups is 1. The number of hydrogen-bond donors (Lipinski definition) is 0. The van der Waals surface area contributed by atoms with Crippen LogP contribution in [0.1, 0.15) is 30.9 Å². The monoisotopic (exact) mass is 492 g/mol. The maximum atomic E-state index is 13.7. The fourth-order valence-corrected chi connectivity index (χ4v) is 5.84. The summed E-state index contributed by atoms with van der Waals surface area (Å²) in [6, 6.07) is 24.4. The molecule has 1 aliphatic heterocycles. The molecule has 0 spiro atoms. The summed E-state index contributed by atoms with van der Waals surface area (Å²) in [4.78, 5) is 15.7. The van der Waals surface area contributed by atoms with Gasteiger partial charge in [0.05, 0.1) is 18.0 Å². The Morgan fingerprint density at radius 1 is 0.943 bits per heavy atom. The van der Waals surface area contributed by atoms with Gasteiger partial charge >= 0.3 is 0 Å². The third kappa shape index (κ3) is 5.92. The van der Waals surface area contributed by atoms with Crippen LogP contribution in [0.15, 0.2) is 83.8 Å². The number of carbonyl (C=O) groups excluding carboxylic acids is 1. The van der Waals surface area contributed by atoms with E-state index in [-0.39, 0.29) is 16.7 Å². The van der Waals surface area contributed by atoms with Gasteiger partial charge in [0.25, 0.3) is 0 Å². The Balaban J connectivity index is 1.47. The van der Waals surface area contributed by atoms with E-state index in [1.54, 1.807) is 24.3 Å². The van der Waals surface area contributed by atoms with Crippen molar-refractivity contribution in [3.8, 4) is 5.75 Å². The summed E-state index contributed by atoms with van der Waals surface area (Å²) in [5.41, 5.74) is 3.04. The van der Waals surface area contributed by atoms with Crippen LogP contribution in [0.2, 0.25) is 0 Å². The molecular weight excluding hydrogens is 460 g/mol. The van der Waals surface area contributed by atoms with Crippen molar-refractivity contribution >= 4 is 21.6 Å². The molecule has 0 unspecified atom stereocenters. The van der Waals surface area contributed by atoms with Crippen LogP contribution in [0.25, 0.3) is 0 Å². The molecule has 0 N–H and O–H groups in total. The quantitative estimate of drug-likeness (QED) is 0.442. The van der Waals surface area contributed by atoms with Crippen molar-refractivity contribution in [2.24, 2.45) is 5.92 Å². The van der Waals surface area contributed by atoms with Crippen LogP contribution in [0, 0.1) is 12.8 Å². The minimum absolute atomic E-state index is 0.0378. The highest BCUT2D eigenvalue weighted by molar-refractivity contribution is 7.89. The van der Waals surface area contributed by atoms with E-state index in [4.69, 9.17) is 4.74 Å². The summed E-state index contributed by atoms with van der Waals surface area (Å²) in [6.07, 6.45) is 0.985. The van der Waals surface area contributed by atoms with Crippen LogP contribution in [0.4, 0.5) is 5.69 Å². The molecule has 6 nitrogen and oxygen atoms in total. The molecule has 1 aliphatic rings. The smallest absolute Gasteiger partial charge is 0.243 e. The molecule has 1 saturated heterocycles. The fourth-order valence-electron chi connectivity index (χ4n) is 4.37. The number of sulfonamides is 1. The standard InChI is InChI=1S/C28H32N2O4S/c1-3-34-26-13-15-27(16-14-26)35(32,33)29-19-17-24(18-20-29)28(31)30(21-23-7-5-4-6-8-23)25-11-9-22(2)10-12-25/h4-16,24H,3,17-21H2,1-2H3. The summed E-state index contributed by atoms with van der Waals surface area (Å²) in [7, 11) is -3.62. The molecule has 0 aliphatic carbocycles. The lowest BCUT2D eigenvalue weighted by molar-refractivity contribution is -0.123. The van der Waals surface area contributed by atoms with E-state index in [1.807, 2.05) is 73.3 Å². The maximum Gasteiger partial charge on any atom is 0.243 e. The van der Waals surface area contributed by atoms with Crippen LogP contribution < -0.4 is 9.64 Å². The third-order valence-corrected chi connectivity index (χ3v) is 8.28. The molecule has 0 aromatic heterocycles. The van der Waals surface area contributed by atoms with E-state index in [0.29, 0.717) is 44.8 Å². The molecule has 1 fully saturated rings. The van der Waals surface area contributed by atoms with E-state index in [2.05, 4.69) is 0 Å². The molecule has 0 saturated carbocycles. The van der Waals surface area contributed by atoms with Crippen molar-refractivity contribution in [2.75, 3.05) is 24.6 Å². The SMILES string of the molecule is CCOc1ccc(S(=O)(=O)N2CCC(C(=O)N(Cc3ccccc3)c3ccc(C)cc3)CC2)cc1. The molecule has 7 heteroatoms. The van der Waals surface area contributed by atoms with Crippen molar-refractivity contribution in [2.45, 2.75) is 38.1 Å². The van der Waals surface area contributed by atoms with Crippen molar-refractivity contribution < 1.29 is 17.9 Å². The van der Waals surface area contributed by atoms with Gasteiger partial charge < -0.3 is 9.64 Å². The maximum absolute atomic E-state index is 13.7. The number of amides is 1. The first-order valence-electron chi connectivity index (χ1n) is 12.0. The summed E-state index contributed by atoms with van der Waals surface area (Å²) in [6.45, 7) is 5.55. The second-order valence-corrected chi connectivity index (χ2v) is 10.8. The fraction of sp³-hybridized carbons (Fsp3) is 0.321. The van der Waals surface area contributed by atoms with Crippen molar-refractivity contribution in [1.29, 1.82) is 0 Å². The zero-order chi connectivity index (χ0) is 24.8. The second kappa shape index (κ2) is 11.1. The number of benzene rings is 3. The molecule has 3 aromatic rings. The molecule has 3 aromatic carbocycles. The number of piperidine rings is 1. The van der Waals surface area contributed by atoms with Gasteiger partial charge in [-0.15, -0.1) is 0 Å². The normalized spacial score (nSPS) is 15.0. The molecule has 4 rings (SSSR count). The van der Waals surface area contributed by atoms with Gasteiger partial charge in [-0.3, -0.25) is 4.79 Å². The highest BCUT2D eigenvalue weighted by Crippen LogP contribution is 2.29. The lowest BCUT2D eigenvalue weighted by Crippen LogP contribution is -2.44. The van der Waals surface area contributed by atoms with Gasteiger partial charge in [0.2, 0.25) is 15.9 Å². The Hall–Kier alpha value is -3.16. The summed E-state index contributed by atoms with van der Waals surface area (Å²) >= 11 is 0. The first-order chi connectivity index (χ1) is 16.9. The third-order valence-electron chi connectivity index (χ3n) is 6.37. The Labute approximate surface area is 208 Å². The Bertz CT molecular complexity index is 1220. The number of ether oxygens (including phenoxy) is 1. The number of aryl methyl sites for hydroxylation is 1. The second-order valence-electron chi connectivity index (χ2n) is 8.83. The number of rotatable bonds is 8. The zero-order valence-corrected chi connectivity index (χ0v) is 21.1. The lowest BCUT2D eigenvalue weighted by atomic mass is 9.96. The largest absolute Gasteiger partial charge is 0.494 e. The molecule has 0 bridgehead atoms. The Morgan fingerprint density at radius 3 is 2.17 bits per heavy atom. The van der Waals surface area contributed by atoms with Gasteiger partial charge in [0.1, 0.15) is 5.75 Å². The average molecular weight is 493 g/mol. The highest BCUT2D eigenvalue weighted by Gasteiger charge is 2.34. The number of hydrogen-bond acceptors (Lipinski definition) is 4. The number of nitrogens with zero attached hydrogens (tertiary/aromatic N) is 2. The van der Waals surface area contributed by atoms with E-state index in [1.165, 1.54) is 4.31 Å². The van der Waals surface area contributed by atoms with Gasteiger partial charge in [-0.05, 0) is 68.7 Å². The predicted molar refractivity (Wildman–Crippen MR) is 138 cm³/mol. The summed E-state index contributed by atoms with van der Waals surface area (Å²) in [5.74, 6) is 0.452. The van der Waals surface area contributed by atoms with Gasteiger partial charge in [-0.25, -0.2) is 8.42 Å². The highest BCUT2D eigenvalue weighted by atomic mass is 32.2. The molecule has 0 atom stereocenters. The van der Waals surface area contributed by atoms with E-state index in [9.17, 15) is 13.2 Å². The first-order valence-corrected chi connectivity index (χ1v) is 13.5. The van der Waals surface area contributed by atoms with E-state index >= 15 is 0 Å². The van der Waals surface area contributed by atoms with Gasteiger partial charge in [-0.2, -0.15) is 4.31 Å². The van der Waals surface area contributed by atoms with Crippen molar-refractivity contribution in [3.63, 3.8) is 0 Å². The predicted octanol–water partition coefficient (Wildman–Crippen LogP) is 5.03. The van der Waals surface area contributed by atoms with Crippen LogP contribution in [-0.4, -0.2) is 38.3 Å². The molecule has 35 heavy (non-hydrogen) atoms. The van der Waals surface area contributed by atoms with Gasteiger partial charge in [0, 0.05) is 24.7 Å². The minimum Gasteiger partial charge on any atom is -0.494 e. The minimum atomic E-state index is -3.62. The van der Waals surface area contributed by atoms with Crippen LogP contribution in [0.5, 0.6) is 5.75 Å². The zero-order valence-electron chi connectivity index (χ0n) is 20.3. The first kappa shape index (κ1) is 24.9. The number of anilines is 1. The van der Waals surface area contributed by atoms with Crippen LogP contribution >= 0.6 is 0 Å². The summed E-state index contributed by atoms with van der Waals surface area (Å²) < 4.78 is 33.2. The summed E-state index contributed by atoms with van der Waals surface area (Å²) in [5, 5.41) is 0. The van der Waals surface area contributed by atoms with Crippen LogP contribution in [0.3, 0.4) is 0 Å². The molecule has 0 radical (unpaired) electrons. The molecule has 184 valence electrons. The lowest BCUT2D eigenvalue weighted by Gasteiger charge is -2.34. The molecule has 1 heterocycles. The van der Waals surface area contributed by atoms with E-state index in [0.717, 1.165) is 16.8 Å². The average Bonchev–Trinajstić information content (AvgIpc) is 2.89. The molecule has 1 amide bonds. The van der Waals surface area contributed by atoms with Crippen molar-refractivity contribution in [1.82, 2.24) is 4.31 Å². The van der Waals surface area contributed by atoms with E-state index < -0.39 is 10.0 Å². The van der Waals surface area contributed by atoms with Crippen molar-refractivity contribution in [3.05, 3.63) is 90.0 Å². The van der Waals surface area contributed by atoms with Gasteiger partial charge in [0.15, 0.2) is 0 Å². The molecular formula is C28H32N2O4S. The Morgan fingerprint density at radius 2 is 1.57 bits per heavy atom. The Kier molecular flexibility index (Phi) is 7.88.